The molecule has 1 aliphatic rings. The molecule has 19 heavy (non-hydrogen) atoms. The van der Waals surface area contributed by atoms with Crippen molar-refractivity contribution in [2.24, 2.45) is 0 Å². The summed E-state index contributed by atoms with van der Waals surface area (Å²) in [5.74, 6) is -0.124. The molecule has 102 valence electrons. The fourth-order valence-corrected chi connectivity index (χ4v) is 3.07. The van der Waals surface area contributed by atoms with Crippen LogP contribution in [0.4, 0.5) is 0 Å². The minimum absolute atomic E-state index is 0.0454. The summed E-state index contributed by atoms with van der Waals surface area (Å²) in [6.07, 6.45) is 0.785. The van der Waals surface area contributed by atoms with Crippen LogP contribution < -0.4 is 5.32 Å². The predicted octanol–water partition coefficient (Wildman–Crippen LogP) is 2.45. The molecule has 1 N–H and O–H groups in total. The SMILES string of the molecule is CC(=O)NC1CCN(C(=O)c2cc(Cl)cc(Br)c2)C1. The monoisotopic (exact) mass is 344 g/mol. The molecule has 1 heterocycles. The number of nitrogens with zero attached hydrogens (tertiary/aromatic N) is 1. The number of nitrogens with one attached hydrogen (secondary N) is 1. The van der Waals surface area contributed by atoms with Crippen molar-refractivity contribution in [3.63, 3.8) is 0 Å². The number of hydrogen-bond donors (Lipinski definition) is 1. The molecule has 4 nitrogen and oxygen atoms in total. The normalized spacial score (nSPS) is 18.5. The number of likely N-dealkylation sites (tertiary alicyclic amines) is 1. The molecule has 0 aliphatic carbocycles. The van der Waals surface area contributed by atoms with Crippen LogP contribution in [0.1, 0.15) is 23.7 Å². The van der Waals surface area contributed by atoms with E-state index in [4.69, 9.17) is 11.6 Å². The van der Waals surface area contributed by atoms with Gasteiger partial charge in [0.25, 0.3) is 5.91 Å². The average Bonchev–Trinajstić information content (AvgIpc) is 2.74. The first kappa shape index (κ1) is 14.3. The van der Waals surface area contributed by atoms with E-state index >= 15 is 0 Å². The van der Waals surface area contributed by atoms with Crippen molar-refractivity contribution < 1.29 is 9.59 Å². The molecule has 1 saturated heterocycles. The van der Waals surface area contributed by atoms with Gasteiger partial charge in [-0.3, -0.25) is 9.59 Å². The van der Waals surface area contributed by atoms with Gasteiger partial charge in [0.1, 0.15) is 0 Å². The van der Waals surface area contributed by atoms with E-state index in [1.165, 1.54) is 6.92 Å². The van der Waals surface area contributed by atoms with Crippen LogP contribution in [0.5, 0.6) is 0 Å². The second kappa shape index (κ2) is 5.92. The van der Waals surface area contributed by atoms with E-state index in [2.05, 4.69) is 21.2 Å². The molecule has 1 atom stereocenters. The van der Waals surface area contributed by atoms with E-state index in [0.29, 0.717) is 23.7 Å². The topological polar surface area (TPSA) is 49.4 Å². The smallest absolute Gasteiger partial charge is 0.254 e. The zero-order valence-electron chi connectivity index (χ0n) is 10.5. The van der Waals surface area contributed by atoms with Crippen molar-refractivity contribution in [3.8, 4) is 0 Å². The van der Waals surface area contributed by atoms with Crippen molar-refractivity contribution in [1.29, 1.82) is 0 Å². The first-order valence-electron chi connectivity index (χ1n) is 5.98. The fraction of sp³-hybridized carbons (Fsp3) is 0.385. The highest BCUT2D eigenvalue weighted by molar-refractivity contribution is 9.10. The van der Waals surface area contributed by atoms with Crippen LogP contribution in [0.3, 0.4) is 0 Å². The second-order valence-electron chi connectivity index (χ2n) is 4.60. The highest BCUT2D eigenvalue weighted by Gasteiger charge is 2.27. The van der Waals surface area contributed by atoms with Gasteiger partial charge in [-0.2, -0.15) is 0 Å². The van der Waals surface area contributed by atoms with Gasteiger partial charge in [0, 0.05) is 41.1 Å². The second-order valence-corrected chi connectivity index (χ2v) is 5.95. The third-order valence-corrected chi connectivity index (χ3v) is 3.67. The Bertz CT molecular complexity index is 501. The number of benzene rings is 1. The molecule has 1 unspecified atom stereocenters. The summed E-state index contributed by atoms with van der Waals surface area (Å²) in [6, 6.07) is 5.19. The van der Waals surface area contributed by atoms with Crippen LogP contribution in [0.25, 0.3) is 0 Å². The van der Waals surface area contributed by atoms with Gasteiger partial charge >= 0.3 is 0 Å². The van der Waals surface area contributed by atoms with Gasteiger partial charge in [0.15, 0.2) is 0 Å². The Kier molecular flexibility index (Phi) is 4.47. The summed E-state index contributed by atoms with van der Waals surface area (Å²) in [5.41, 5.74) is 0.558. The maximum absolute atomic E-state index is 12.3. The molecule has 0 aromatic heterocycles. The van der Waals surface area contributed by atoms with Gasteiger partial charge in [-0.1, -0.05) is 27.5 Å². The summed E-state index contributed by atoms with van der Waals surface area (Å²) >= 11 is 9.26. The lowest BCUT2D eigenvalue weighted by Crippen LogP contribution is -2.37. The summed E-state index contributed by atoms with van der Waals surface area (Å²) in [5, 5.41) is 3.36. The molecular weight excluding hydrogens is 332 g/mol. The molecule has 2 rings (SSSR count). The Balaban J connectivity index is 2.06. The molecule has 0 radical (unpaired) electrons. The van der Waals surface area contributed by atoms with E-state index in [9.17, 15) is 9.59 Å². The Morgan fingerprint density at radius 3 is 2.79 bits per heavy atom. The van der Waals surface area contributed by atoms with Gasteiger partial charge in [0.05, 0.1) is 0 Å². The molecular formula is C13H14BrClN2O2. The highest BCUT2D eigenvalue weighted by atomic mass is 79.9. The van der Waals surface area contributed by atoms with Gasteiger partial charge in [0.2, 0.25) is 5.91 Å². The summed E-state index contributed by atoms with van der Waals surface area (Å²) in [6.45, 7) is 2.68. The lowest BCUT2D eigenvalue weighted by Gasteiger charge is -2.17. The Morgan fingerprint density at radius 2 is 2.16 bits per heavy atom. The number of rotatable bonds is 2. The van der Waals surface area contributed by atoms with Crippen LogP contribution in [-0.2, 0) is 4.79 Å². The van der Waals surface area contributed by atoms with Crippen molar-refractivity contribution in [3.05, 3.63) is 33.3 Å². The first-order valence-corrected chi connectivity index (χ1v) is 7.15. The Labute approximate surface area is 125 Å². The van der Waals surface area contributed by atoms with Gasteiger partial charge < -0.3 is 10.2 Å². The first-order chi connectivity index (χ1) is 8.95. The van der Waals surface area contributed by atoms with Crippen molar-refractivity contribution >= 4 is 39.3 Å². The molecule has 1 aliphatic heterocycles. The predicted molar refractivity (Wildman–Crippen MR) is 77.3 cm³/mol. The number of carbonyl (C=O) groups excluding carboxylic acids is 2. The van der Waals surface area contributed by atoms with Crippen LogP contribution in [0.2, 0.25) is 5.02 Å². The molecule has 0 saturated carbocycles. The molecule has 1 aromatic carbocycles. The Morgan fingerprint density at radius 1 is 1.42 bits per heavy atom. The third-order valence-electron chi connectivity index (χ3n) is 2.99. The zero-order chi connectivity index (χ0) is 14.0. The van der Waals surface area contributed by atoms with Gasteiger partial charge in [-0.25, -0.2) is 0 Å². The fourth-order valence-electron chi connectivity index (χ4n) is 2.21. The minimum Gasteiger partial charge on any atom is -0.352 e. The van der Waals surface area contributed by atoms with E-state index in [0.717, 1.165) is 10.9 Å². The van der Waals surface area contributed by atoms with Crippen LogP contribution in [0.15, 0.2) is 22.7 Å². The Hall–Kier alpha value is -1.07. The van der Waals surface area contributed by atoms with Crippen LogP contribution >= 0.6 is 27.5 Å². The molecule has 1 aromatic rings. The zero-order valence-corrected chi connectivity index (χ0v) is 12.8. The lowest BCUT2D eigenvalue weighted by atomic mass is 10.2. The maximum Gasteiger partial charge on any atom is 0.254 e. The number of carbonyl (C=O) groups is 2. The van der Waals surface area contributed by atoms with Crippen LogP contribution in [-0.4, -0.2) is 35.8 Å². The molecule has 0 spiro atoms. The quantitative estimate of drug-likeness (QED) is 0.895. The summed E-state index contributed by atoms with van der Waals surface area (Å²) < 4.78 is 0.779. The standard InChI is InChI=1S/C13H14BrClN2O2/c1-8(18)16-12-2-3-17(7-12)13(19)9-4-10(14)6-11(15)5-9/h4-6,12H,2-3,7H2,1H3,(H,16,18). The third kappa shape index (κ3) is 3.70. The highest BCUT2D eigenvalue weighted by Crippen LogP contribution is 2.22. The average molecular weight is 346 g/mol. The molecule has 2 amide bonds. The molecule has 0 bridgehead atoms. The van der Waals surface area contributed by atoms with E-state index < -0.39 is 0 Å². The minimum atomic E-state index is -0.0650. The van der Waals surface area contributed by atoms with E-state index in [1.807, 2.05) is 0 Å². The lowest BCUT2D eigenvalue weighted by molar-refractivity contribution is -0.119. The van der Waals surface area contributed by atoms with Crippen molar-refractivity contribution in [2.45, 2.75) is 19.4 Å². The molecule has 6 heteroatoms. The van der Waals surface area contributed by atoms with E-state index in [-0.39, 0.29) is 17.9 Å². The summed E-state index contributed by atoms with van der Waals surface area (Å²) in [7, 11) is 0. The molecule has 1 fully saturated rings. The van der Waals surface area contributed by atoms with E-state index in [1.54, 1.807) is 23.1 Å². The summed E-state index contributed by atoms with van der Waals surface area (Å²) in [4.78, 5) is 25.0. The number of hydrogen-bond acceptors (Lipinski definition) is 2. The van der Waals surface area contributed by atoms with Crippen LogP contribution in [0, 0.1) is 0 Å². The number of amides is 2. The van der Waals surface area contributed by atoms with Gasteiger partial charge in [-0.15, -0.1) is 0 Å². The maximum atomic E-state index is 12.3. The van der Waals surface area contributed by atoms with Gasteiger partial charge in [-0.05, 0) is 24.6 Å². The van der Waals surface area contributed by atoms with Crippen molar-refractivity contribution in [1.82, 2.24) is 10.2 Å². The largest absolute Gasteiger partial charge is 0.352 e. The number of halogens is 2. The van der Waals surface area contributed by atoms with Crippen molar-refractivity contribution in [2.75, 3.05) is 13.1 Å².